The molecular formula is C22H30N4O2. The maximum atomic E-state index is 12.4. The average Bonchev–Trinajstić information content (AvgIpc) is 3.08. The monoisotopic (exact) mass is 382 g/mol. The van der Waals surface area contributed by atoms with E-state index >= 15 is 0 Å². The van der Waals surface area contributed by atoms with E-state index in [2.05, 4.69) is 28.3 Å². The van der Waals surface area contributed by atoms with Crippen molar-refractivity contribution in [2.75, 3.05) is 27.2 Å². The van der Waals surface area contributed by atoms with Gasteiger partial charge in [0, 0.05) is 64.9 Å². The molecule has 0 unspecified atom stereocenters. The Kier molecular flexibility index (Phi) is 5.15. The maximum absolute atomic E-state index is 12.4. The highest BCUT2D eigenvalue weighted by Gasteiger charge is 2.43. The summed E-state index contributed by atoms with van der Waals surface area (Å²) < 4.78 is 8.42. The van der Waals surface area contributed by atoms with Gasteiger partial charge in [0.1, 0.15) is 11.4 Å². The van der Waals surface area contributed by atoms with Gasteiger partial charge in [0.2, 0.25) is 5.91 Å². The fourth-order valence-corrected chi connectivity index (χ4v) is 4.56. The summed E-state index contributed by atoms with van der Waals surface area (Å²) in [6.07, 6.45) is 7.49. The number of likely N-dealkylation sites (tertiary alicyclic amines) is 1. The van der Waals surface area contributed by atoms with Crippen molar-refractivity contribution in [3.8, 4) is 5.75 Å². The molecule has 1 aromatic carbocycles. The number of ether oxygens (including phenoxy) is 1. The number of rotatable bonds is 4. The van der Waals surface area contributed by atoms with E-state index in [1.54, 1.807) is 4.90 Å². The zero-order chi connectivity index (χ0) is 19.7. The summed E-state index contributed by atoms with van der Waals surface area (Å²) in [6, 6.07) is 8.25. The number of benzene rings is 1. The molecule has 6 heteroatoms. The Morgan fingerprint density at radius 3 is 2.71 bits per heavy atom. The third kappa shape index (κ3) is 3.92. The number of amides is 1. The van der Waals surface area contributed by atoms with Crippen molar-refractivity contribution in [2.24, 2.45) is 7.05 Å². The molecule has 0 radical (unpaired) electrons. The van der Waals surface area contributed by atoms with Gasteiger partial charge in [-0.1, -0.05) is 18.2 Å². The molecule has 1 saturated heterocycles. The topological polar surface area (TPSA) is 50.6 Å². The molecule has 1 amide bonds. The van der Waals surface area contributed by atoms with Crippen LogP contribution in [-0.2, 0) is 18.4 Å². The number of piperidine rings is 1. The van der Waals surface area contributed by atoms with Crippen molar-refractivity contribution >= 4 is 5.91 Å². The molecule has 0 N–H and O–H groups in total. The highest BCUT2D eigenvalue weighted by atomic mass is 16.5. The molecule has 0 bridgehead atoms. The molecule has 1 spiro atoms. The smallest absolute Gasteiger partial charge is 0.222 e. The third-order valence-corrected chi connectivity index (χ3v) is 6.16. The minimum absolute atomic E-state index is 0.156. The van der Waals surface area contributed by atoms with Crippen LogP contribution in [0.15, 0.2) is 36.7 Å². The molecule has 6 nitrogen and oxygen atoms in total. The van der Waals surface area contributed by atoms with Gasteiger partial charge >= 0.3 is 0 Å². The van der Waals surface area contributed by atoms with E-state index < -0.39 is 0 Å². The van der Waals surface area contributed by atoms with Crippen LogP contribution >= 0.6 is 0 Å². The van der Waals surface area contributed by atoms with Gasteiger partial charge in [0.15, 0.2) is 0 Å². The number of nitrogens with zero attached hydrogens (tertiary/aromatic N) is 4. The summed E-state index contributed by atoms with van der Waals surface area (Å²) in [7, 11) is 5.62. The first-order valence-electron chi connectivity index (χ1n) is 10.1. The van der Waals surface area contributed by atoms with Gasteiger partial charge in [-0.05, 0) is 30.9 Å². The van der Waals surface area contributed by atoms with Gasteiger partial charge < -0.3 is 9.64 Å². The summed E-state index contributed by atoms with van der Waals surface area (Å²) >= 11 is 0. The second-order valence-electron chi connectivity index (χ2n) is 8.51. The number of hydrogen-bond acceptors (Lipinski definition) is 4. The van der Waals surface area contributed by atoms with Gasteiger partial charge in [-0.2, -0.15) is 5.10 Å². The Labute approximate surface area is 167 Å². The molecule has 3 heterocycles. The summed E-state index contributed by atoms with van der Waals surface area (Å²) in [6.45, 7) is 2.94. The molecule has 2 aliphatic rings. The highest BCUT2D eigenvalue weighted by molar-refractivity contribution is 5.76. The summed E-state index contributed by atoms with van der Waals surface area (Å²) in [5, 5.41) is 4.27. The van der Waals surface area contributed by atoms with Crippen molar-refractivity contribution < 1.29 is 9.53 Å². The summed E-state index contributed by atoms with van der Waals surface area (Å²) in [4.78, 5) is 16.6. The number of fused-ring (bicyclic) bond motifs is 1. The molecule has 1 fully saturated rings. The number of carbonyl (C=O) groups is 1. The molecule has 0 aliphatic carbocycles. The maximum Gasteiger partial charge on any atom is 0.222 e. The molecular weight excluding hydrogens is 352 g/mol. The molecule has 1 aromatic heterocycles. The first kappa shape index (κ1) is 19.0. The van der Waals surface area contributed by atoms with E-state index in [0.717, 1.165) is 44.6 Å². The minimum atomic E-state index is -0.156. The van der Waals surface area contributed by atoms with Gasteiger partial charge in [0.25, 0.3) is 0 Å². The van der Waals surface area contributed by atoms with Crippen LogP contribution in [0.5, 0.6) is 5.75 Å². The lowest BCUT2D eigenvalue weighted by molar-refractivity contribution is -0.129. The van der Waals surface area contributed by atoms with Crippen LogP contribution in [0.2, 0.25) is 0 Å². The van der Waals surface area contributed by atoms with Crippen molar-refractivity contribution in [3.63, 3.8) is 0 Å². The molecule has 2 aromatic rings. The van der Waals surface area contributed by atoms with Gasteiger partial charge in [0.05, 0.1) is 6.20 Å². The van der Waals surface area contributed by atoms with Gasteiger partial charge in [-0.15, -0.1) is 0 Å². The fraction of sp³-hybridized carbons (Fsp3) is 0.545. The predicted octanol–water partition coefficient (Wildman–Crippen LogP) is 2.80. The second-order valence-corrected chi connectivity index (χ2v) is 8.51. The Balaban J connectivity index is 1.47. The first-order chi connectivity index (χ1) is 13.4. The zero-order valence-corrected chi connectivity index (χ0v) is 17.1. The standard InChI is InChI=1S/C22H30N4O2/c1-24(2)21(27)12-18-13-22(28-20-7-5-4-6-19(18)20)8-10-26(11-9-22)16-17-14-23-25(3)15-17/h4-7,14-15,18H,8-13,16H2,1-3H3/t18-/m1/s1. The lowest BCUT2D eigenvalue weighted by Crippen LogP contribution is -2.50. The number of carbonyl (C=O) groups excluding carboxylic acids is 1. The molecule has 1 atom stereocenters. The predicted molar refractivity (Wildman–Crippen MR) is 108 cm³/mol. The third-order valence-electron chi connectivity index (χ3n) is 6.16. The van der Waals surface area contributed by atoms with Crippen LogP contribution in [0.1, 0.15) is 42.7 Å². The second kappa shape index (κ2) is 7.59. The summed E-state index contributed by atoms with van der Waals surface area (Å²) in [5.41, 5.74) is 2.28. The normalized spacial score (nSPS) is 21.2. The van der Waals surface area contributed by atoms with Crippen molar-refractivity contribution in [1.82, 2.24) is 19.6 Å². The SMILES string of the molecule is CN(C)C(=O)C[C@@H]1CC2(CCN(Cc3cnn(C)c3)CC2)Oc2ccccc21. The molecule has 0 saturated carbocycles. The Hall–Kier alpha value is -2.34. The van der Waals surface area contributed by atoms with E-state index in [1.807, 2.05) is 44.2 Å². The largest absolute Gasteiger partial charge is 0.487 e. The van der Waals surface area contributed by atoms with E-state index in [1.165, 1.54) is 11.1 Å². The minimum Gasteiger partial charge on any atom is -0.487 e. The van der Waals surface area contributed by atoms with Crippen LogP contribution in [0.4, 0.5) is 0 Å². The number of hydrogen-bond donors (Lipinski definition) is 0. The van der Waals surface area contributed by atoms with E-state index in [0.29, 0.717) is 6.42 Å². The van der Waals surface area contributed by atoms with Crippen LogP contribution in [0.3, 0.4) is 0 Å². The Morgan fingerprint density at radius 1 is 1.29 bits per heavy atom. The van der Waals surface area contributed by atoms with Gasteiger partial charge in [-0.3, -0.25) is 14.4 Å². The number of aryl methyl sites for hydroxylation is 1. The van der Waals surface area contributed by atoms with Crippen molar-refractivity contribution in [1.29, 1.82) is 0 Å². The van der Waals surface area contributed by atoms with Gasteiger partial charge in [-0.25, -0.2) is 0 Å². The van der Waals surface area contributed by atoms with Crippen molar-refractivity contribution in [3.05, 3.63) is 47.8 Å². The van der Waals surface area contributed by atoms with Crippen LogP contribution in [0.25, 0.3) is 0 Å². The molecule has 28 heavy (non-hydrogen) atoms. The van der Waals surface area contributed by atoms with E-state index in [9.17, 15) is 4.79 Å². The average molecular weight is 383 g/mol. The fourth-order valence-electron chi connectivity index (χ4n) is 4.56. The number of aromatic nitrogens is 2. The first-order valence-corrected chi connectivity index (χ1v) is 10.1. The Bertz CT molecular complexity index is 837. The quantitative estimate of drug-likeness (QED) is 0.816. The van der Waals surface area contributed by atoms with E-state index in [4.69, 9.17) is 4.74 Å². The molecule has 4 rings (SSSR count). The highest BCUT2D eigenvalue weighted by Crippen LogP contribution is 2.46. The van der Waals surface area contributed by atoms with Crippen LogP contribution in [-0.4, -0.2) is 58.3 Å². The zero-order valence-electron chi connectivity index (χ0n) is 17.1. The van der Waals surface area contributed by atoms with E-state index in [-0.39, 0.29) is 17.4 Å². The van der Waals surface area contributed by atoms with Crippen LogP contribution in [0, 0.1) is 0 Å². The number of para-hydroxylation sites is 1. The molecule has 150 valence electrons. The lowest BCUT2D eigenvalue weighted by atomic mass is 9.76. The van der Waals surface area contributed by atoms with Crippen LogP contribution < -0.4 is 4.74 Å². The lowest BCUT2D eigenvalue weighted by Gasteiger charge is -2.47. The summed E-state index contributed by atoms with van der Waals surface area (Å²) in [5.74, 6) is 1.38. The van der Waals surface area contributed by atoms with Crippen molar-refractivity contribution in [2.45, 2.75) is 43.7 Å². The Morgan fingerprint density at radius 2 is 2.04 bits per heavy atom. The molecule has 2 aliphatic heterocycles.